The largest absolute Gasteiger partial charge is 0.462 e. The molecule has 0 saturated heterocycles. The van der Waals surface area contributed by atoms with Crippen molar-refractivity contribution in [1.29, 1.82) is 0 Å². The molecule has 0 aromatic heterocycles. The van der Waals surface area contributed by atoms with Crippen LogP contribution < -0.4 is 0 Å². The van der Waals surface area contributed by atoms with Crippen molar-refractivity contribution in [2.75, 3.05) is 13.2 Å². The number of allylic oxidation sites excluding steroid dienone is 16. The Bertz CT molecular complexity index is 1560. The van der Waals surface area contributed by atoms with Crippen LogP contribution in [0.3, 0.4) is 0 Å². The van der Waals surface area contributed by atoms with E-state index in [1.165, 1.54) is 186 Å². The second-order valence-electron chi connectivity index (χ2n) is 22.7. The van der Waals surface area contributed by atoms with Crippen LogP contribution in [0.4, 0.5) is 0 Å². The van der Waals surface area contributed by atoms with Crippen molar-refractivity contribution in [2.45, 2.75) is 341 Å². The Kier molecular flexibility index (Phi) is 64.7. The minimum atomic E-state index is -0.792. The van der Waals surface area contributed by atoms with Crippen molar-refractivity contribution in [1.82, 2.24) is 0 Å². The van der Waals surface area contributed by atoms with E-state index in [1.54, 1.807) is 0 Å². The molecule has 0 bridgehead atoms. The van der Waals surface area contributed by atoms with Crippen molar-refractivity contribution >= 4 is 17.9 Å². The summed E-state index contributed by atoms with van der Waals surface area (Å²) in [5.74, 6) is -0.894. The van der Waals surface area contributed by atoms with Crippen LogP contribution in [0.2, 0.25) is 0 Å². The molecule has 0 aromatic carbocycles. The first-order chi connectivity index (χ1) is 39.5. The van der Waals surface area contributed by atoms with Gasteiger partial charge < -0.3 is 14.2 Å². The van der Waals surface area contributed by atoms with Gasteiger partial charge in [-0.2, -0.15) is 0 Å². The highest BCUT2D eigenvalue weighted by Gasteiger charge is 2.19. The highest BCUT2D eigenvalue weighted by atomic mass is 16.6. The predicted molar refractivity (Wildman–Crippen MR) is 348 cm³/mol. The number of unbranched alkanes of at least 4 members (excludes halogenated alkanes) is 35. The van der Waals surface area contributed by atoms with Crippen LogP contribution in [0.5, 0.6) is 0 Å². The summed E-state index contributed by atoms with van der Waals surface area (Å²) in [7, 11) is 0. The van der Waals surface area contributed by atoms with E-state index in [9.17, 15) is 14.4 Å². The lowest BCUT2D eigenvalue weighted by atomic mass is 10.1. The summed E-state index contributed by atoms with van der Waals surface area (Å²) < 4.78 is 17.0. The van der Waals surface area contributed by atoms with E-state index in [0.29, 0.717) is 19.3 Å². The number of hydrogen-bond acceptors (Lipinski definition) is 6. The van der Waals surface area contributed by atoms with Gasteiger partial charge in [0.2, 0.25) is 0 Å². The molecule has 6 heteroatoms. The fourth-order valence-corrected chi connectivity index (χ4v) is 9.67. The maximum Gasteiger partial charge on any atom is 0.306 e. The lowest BCUT2D eigenvalue weighted by Crippen LogP contribution is -2.30. The summed E-state index contributed by atoms with van der Waals surface area (Å²) in [6.45, 7) is 6.53. The van der Waals surface area contributed by atoms with E-state index in [1.807, 2.05) is 0 Å². The molecule has 0 aliphatic carbocycles. The average molecular weight is 1110 g/mol. The summed E-state index contributed by atoms with van der Waals surface area (Å²) in [5.41, 5.74) is 0. The third-order valence-electron chi connectivity index (χ3n) is 14.8. The molecule has 0 N–H and O–H groups in total. The van der Waals surface area contributed by atoms with Crippen LogP contribution in [-0.4, -0.2) is 37.2 Å². The topological polar surface area (TPSA) is 78.9 Å². The van der Waals surface area contributed by atoms with E-state index in [4.69, 9.17) is 14.2 Å². The van der Waals surface area contributed by atoms with Crippen LogP contribution in [0.1, 0.15) is 335 Å². The third-order valence-corrected chi connectivity index (χ3v) is 14.8. The van der Waals surface area contributed by atoms with Gasteiger partial charge in [-0.05, 0) is 122 Å². The fourth-order valence-electron chi connectivity index (χ4n) is 9.67. The molecule has 0 saturated carbocycles. The maximum absolute atomic E-state index is 12.9. The summed E-state index contributed by atoms with van der Waals surface area (Å²) in [6, 6.07) is 0. The fraction of sp³-hybridized carbons (Fsp3) is 0.743. The second kappa shape index (κ2) is 67.8. The monoisotopic (exact) mass is 1110 g/mol. The number of carbonyl (C=O) groups excluding carboxylic acids is 3. The molecule has 0 aliphatic heterocycles. The van der Waals surface area contributed by atoms with Gasteiger partial charge in [0.25, 0.3) is 0 Å². The van der Waals surface area contributed by atoms with Crippen molar-refractivity contribution in [2.24, 2.45) is 0 Å². The van der Waals surface area contributed by atoms with Crippen LogP contribution in [0, 0.1) is 0 Å². The lowest BCUT2D eigenvalue weighted by molar-refractivity contribution is -0.167. The molecule has 460 valence electrons. The molecule has 0 spiro atoms. The van der Waals surface area contributed by atoms with Crippen LogP contribution in [0.15, 0.2) is 97.2 Å². The molecule has 0 fully saturated rings. The average Bonchev–Trinajstić information content (AvgIpc) is 3.46. The van der Waals surface area contributed by atoms with Crippen molar-refractivity contribution in [3.63, 3.8) is 0 Å². The molecular formula is C74H128O6. The summed E-state index contributed by atoms with van der Waals surface area (Å²) >= 11 is 0. The number of hydrogen-bond donors (Lipinski definition) is 0. The van der Waals surface area contributed by atoms with E-state index >= 15 is 0 Å². The van der Waals surface area contributed by atoms with Gasteiger partial charge in [-0.15, -0.1) is 0 Å². The quantitative estimate of drug-likeness (QED) is 0.0261. The van der Waals surface area contributed by atoms with Gasteiger partial charge >= 0.3 is 17.9 Å². The Morgan fingerprint density at radius 2 is 0.487 bits per heavy atom. The van der Waals surface area contributed by atoms with Crippen molar-refractivity contribution in [3.8, 4) is 0 Å². The zero-order valence-electron chi connectivity index (χ0n) is 52.8. The molecule has 1 unspecified atom stereocenters. The summed E-state index contributed by atoms with van der Waals surface area (Å²) in [5, 5.41) is 0. The van der Waals surface area contributed by atoms with Gasteiger partial charge in [-0.1, -0.05) is 291 Å². The minimum Gasteiger partial charge on any atom is -0.462 e. The Balaban J connectivity index is 4.39. The number of ether oxygens (including phenoxy) is 3. The molecule has 80 heavy (non-hydrogen) atoms. The Morgan fingerprint density at radius 1 is 0.263 bits per heavy atom. The van der Waals surface area contributed by atoms with Crippen molar-refractivity contribution in [3.05, 3.63) is 97.2 Å². The molecule has 0 radical (unpaired) electrons. The Labute approximate surface area is 496 Å². The Morgan fingerprint density at radius 3 is 0.775 bits per heavy atom. The Hall–Kier alpha value is -3.67. The molecular weight excluding hydrogens is 985 g/mol. The zero-order chi connectivity index (χ0) is 57.8. The van der Waals surface area contributed by atoms with Gasteiger partial charge in [-0.25, -0.2) is 0 Å². The summed E-state index contributed by atoms with van der Waals surface area (Å²) in [6.07, 6.45) is 91.3. The molecule has 0 heterocycles. The van der Waals surface area contributed by atoms with Gasteiger partial charge in [0.1, 0.15) is 13.2 Å². The maximum atomic E-state index is 12.9. The minimum absolute atomic E-state index is 0.0860. The lowest BCUT2D eigenvalue weighted by Gasteiger charge is -2.18. The molecule has 0 aliphatic rings. The number of rotatable bonds is 62. The molecule has 0 aromatic rings. The SMILES string of the molecule is CC/C=C\C/C=C\C/C=C\C/C=C\CCCCCCCCC(=O)OC(COC(=O)CCCCCCCCC/C=C\CCCCCCCCC)COC(=O)CCCCCCCCCCCC/C=C\C/C=C\C/C=C\CCCCCCC. The highest BCUT2D eigenvalue weighted by Crippen LogP contribution is 2.16. The highest BCUT2D eigenvalue weighted by molar-refractivity contribution is 5.71. The van der Waals surface area contributed by atoms with Gasteiger partial charge in [0, 0.05) is 19.3 Å². The standard InChI is InChI=1S/C74H128O6/c1-4-7-10-13-16-19-22-25-28-31-34-35-36-37-38-39-41-43-46-49-52-55-58-61-64-67-73(76)79-70-71(69-78-72(75)66-63-60-57-54-51-48-45-42-33-30-27-24-21-18-15-12-9-6-3)80-74(77)68-65-62-59-56-53-50-47-44-40-32-29-26-23-20-17-14-11-8-5-2/h8,11,17,20,22,25-26,29-31,33-34,36-37,40,44,71H,4-7,9-10,12-16,18-19,21,23-24,27-28,32,35,38-39,41-43,45-70H2,1-3H3/b11-8-,20-17-,25-22-,29-26-,33-30-,34-31-,37-36-,44-40-. The van der Waals surface area contributed by atoms with E-state index in [0.717, 1.165) is 109 Å². The first-order valence-corrected chi connectivity index (χ1v) is 34.2. The van der Waals surface area contributed by atoms with E-state index < -0.39 is 6.10 Å². The molecule has 6 nitrogen and oxygen atoms in total. The van der Waals surface area contributed by atoms with Gasteiger partial charge in [-0.3, -0.25) is 14.4 Å². The van der Waals surface area contributed by atoms with Crippen molar-refractivity contribution < 1.29 is 28.6 Å². The number of carbonyl (C=O) groups is 3. The predicted octanol–water partition coefficient (Wildman–Crippen LogP) is 23.6. The number of esters is 3. The van der Waals surface area contributed by atoms with E-state index in [-0.39, 0.29) is 31.1 Å². The van der Waals surface area contributed by atoms with Crippen LogP contribution in [0.25, 0.3) is 0 Å². The smallest absolute Gasteiger partial charge is 0.306 e. The molecule has 0 rings (SSSR count). The van der Waals surface area contributed by atoms with Gasteiger partial charge in [0.05, 0.1) is 0 Å². The second-order valence-corrected chi connectivity index (χ2v) is 22.7. The third kappa shape index (κ3) is 65.1. The van der Waals surface area contributed by atoms with Gasteiger partial charge in [0.15, 0.2) is 6.10 Å². The van der Waals surface area contributed by atoms with Crippen LogP contribution >= 0.6 is 0 Å². The first kappa shape index (κ1) is 76.3. The first-order valence-electron chi connectivity index (χ1n) is 34.2. The van der Waals surface area contributed by atoms with E-state index in [2.05, 4.69) is 118 Å². The molecule has 0 amide bonds. The zero-order valence-corrected chi connectivity index (χ0v) is 52.8. The normalized spacial score (nSPS) is 12.7. The molecule has 1 atom stereocenters. The summed E-state index contributed by atoms with van der Waals surface area (Å²) in [4.78, 5) is 38.4. The van der Waals surface area contributed by atoms with Crippen LogP contribution in [-0.2, 0) is 28.6 Å².